The maximum Gasteiger partial charge on any atom is 0.338 e. The van der Waals surface area contributed by atoms with E-state index in [1.807, 2.05) is 30.3 Å². The molecule has 3 aromatic rings. The molecule has 0 aliphatic heterocycles. The second kappa shape index (κ2) is 5.89. The Labute approximate surface area is 127 Å². The van der Waals surface area contributed by atoms with E-state index in [0.717, 1.165) is 28.2 Å². The molecule has 3 rings (SSSR count). The molecule has 0 spiro atoms. The average molecular weight is 296 g/mol. The molecule has 0 atom stereocenters. The number of nitrogens with zero attached hydrogens (tertiary/aromatic N) is 1. The molecular formula is C17H16N2O3. The largest absolute Gasteiger partial charge is 0.497 e. The van der Waals surface area contributed by atoms with Gasteiger partial charge in [-0.25, -0.2) is 9.78 Å². The van der Waals surface area contributed by atoms with Crippen molar-refractivity contribution in [2.24, 2.45) is 0 Å². The van der Waals surface area contributed by atoms with Gasteiger partial charge in [-0.3, -0.25) is 0 Å². The Morgan fingerprint density at radius 1 is 1.18 bits per heavy atom. The molecule has 22 heavy (non-hydrogen) atoms. The summed E-state index contributed by atoms with van der Waals surface area (Å²) in [7, 11) is 1.63. The molecule has 0 aliphatic carbocycles. The molecular weight excluding hydrogens is 280 g/mol. The second-order valence-corrected chi connectivity index (χ2v) is 4.77. The Hall–Kier alpha value is -2.82. The molecule has 5 nitrogen and oxygen atoms in total. The predicted molar refractivity (Wildman–Crippen MR) is 84.0 cm³/mol. The number of aromatic amines is 1. The minimum Gasteiger partial charge on any atom is -0.497 e. The summed E-state index contributed by atoms with van der Waals surface area (Å²) in [4.78, 5) is 19.5. The number of nitrogens with one attached hydrogen (secondary N) is 1. The number of rotatable bonds is 4. The Morgan fingerprint density at radius 2 is 1.95 bits per heavy atom. The lowest BCUT2D eigenvalue weighted by molar-refractivity contribution is 0.0526. The molecule has 0 amide bonds. The van der Waals surface area contributed by atoms with E-state index in [0.29, 0.717) is 12.2 Å². The van der Waals surface area contributed by atoms with Crippen LogP contribution in [0.4, 0.5) is 0 Å². The van der Waals surface area contributed by atoms with Crippen LogP contribution in [-0.2, 0) is 4.74 Å². The molecule has 5 heteroatoms. The lowest BCUT2D eigenvalue weighted by Gasteiger charge is -2.00. The number of hydrogen-bond acceptors (Lipinski definition) is 4. The fourth-order valence-electron chi connectivity index (χ4n) is 2.24. The monoisotopic (exact) mass is 296 g/mol. The highest BCUT2D eigenvalue weighted by Crippen LogP contribution is 2.23. The van der Waals surface area contributed by atoms with Gasteiger partial charge in [0, 0.05) is 5.56 Å². The van der Waals surface area contributed by atoms with Crippen LogP contribution in [0.1, 0.15) is 17.3 Å². The van der Waals surface area contributed by atoms with Crippen LogP contribution in [0.2, 0.25) is 0 Å². The number of ether oxygens (including phenoxy) is 2. The Balaban J connectivity index is 1.96. The van der Waals surface area contributed by atoms with E-state index in [2.05, 4.69) is 9.97 Å². The first-order chi connectivity index (χ1) is 10.7. The maximum atomic E-state index is 11.8. The first-order valence-corrected chi connectivity index (χ1v) is 7.02. The van der Waals surface area contributed by atoms with Crippen LogP contribution in [0, 0.1) is 0 Å². The summed E-state index contributed by atoms with van der Waals surface area (Å²) in [6, 6.07) is 12.9. The van der Waals surface area contributed by atoms with Crippen LogP contribution in [0.15, 0.2) is 42.5 Å². The highest BCUT2D eigenvalue weighted by molar-refractivity contribution is 5.94. The van der Waals surface area contributed by atoms with E-state index in [1.165, 1.54) is 0 Å². The normalized spacial score (nSPS) is 10.6. The number of H-pyrrole nitrogens is 1. The van der Waals surface area contributed by atoms with Crippen LogP contribution >= 0.6 is 0 Å². The number of imidazole rings is 1. The van der Waals surface area contributed by atoms with E-state index >= 15 is 0 Å². The van der Waals surface area contributed by atoms with Gasteiger partial charge in [-0.15, -0.1) is 0 Å². The smallest absolute Gasteiger partial charge is 0.338 e. The van der Waals surface area contributed by atoms with Crippen molar-refractivity contribution in [3.8, 4) is 17.1 Å². The summed E-state index contributed by atoms with van der Waals surface area (Å²) in [5, 5.41) is 0. The molecule has 0 aliphatic rings. The highest BCUT2D eigenvalue weighted by Gasteiger charge is 2.10. The number of carbonyl (C=O) groups excluding carboxylic acids is 1. The third-order valence-corrected chi connectivity index (χ3v) is 3.36. The highest BCUT2D eigenvalue weighted by atomic mass is 16.5. The molecule has 0 unspecified atom stereocenters. The number of carbonyl (C=O) groups is 1. The van der Waals surface area contributed by atoms with Gasteiger partial charge in [-0.1, -0.05) is 0 Å². The molecule has 1 heterocycles. The summed E-state index contributed by atoms with van der Waals surface area (Å²) in [6.45, 7) is 2.14. The molecule has 1 N–H and O–H groups in total. The lowest BCUT2D eigenvalue weighted by atomic mass is 10.2. The first kappa shape index (κ1) is 14.1. The van der Waals surface area contributed by atoms with Crippen LogP contribution in [0.25, 0.3) is 22.4 Å². The van der Waals surface area contributed by atoms with Crippen LogP contribution in [0.5, 0.6) is 5.75 Å². The Bertz CT molecular complexity index is 806. The van der Waals surface area contributed by atoms with Gasteiger partial charge >= 0.3 is 5.97 Å². The van der Waals surface area contributed by atoms with E-state index in [9.17, 15) is 4.79 Å². The van der Waals surface area contributed by atoms with Gasteiger partial charge in [0.15, 0.2) is 0 Å². The van der Waals surface area contributed by atoms with E-state index in [1.54, 1.807) is 26.2 Å². The number of hydrogen-bond donors (Lipinski definition) is 1. The van der Waals surface area contributed by atoms with Gasteiger partial charge in [-0.2, -0.15) is 0 Å². The number of aromatic nitrogens is 2. The first-order valence-electron chi connectivity index (χ1n) is 7.02. The fraction of sp³-hybridized carbons (Fsp3) is 0.176. The topological polar surface area (TPSA) is 64.2 Å². The van der Waals surface area contributed by atoms with Crippen molar-refractivity contribution in [3.63, 3.8) is 0 Å². The summed E-state index contributed by atoms with van der Waals surface area (Å²) in [5.41, 5.74) is 3.07. The zero-order valence-electron chi connectivity index (χ0n) is 12.4. The van der Waals surface area contributed by atoms with Crippen LogP contribution in [-0.4, -0.2) is 29.7 Å². The van der Waals surface area contributed by atoms with Crippen molar-refractivity contribution in [2.75, 3.05) is 13.7 Å². The van der Waals surface area contributed by atoms with Crippen LogP contribution in [0.3, 0.4) is 0 Å². The summed E-state index contributed by atoms with van der Waals surface area (Å²) < 4.78 is 10.2. The summed E-state index contributed by atoms with van der Waals surface area (Å²) in [5.74, 6) is 1.22. The van der Waals surface area contributed by atoms with E-state index in [4.69, 9.17) is 9.47 Å². The molecule has 1 aromatic heterocycles. The van der Waals surface area contributed by atoms with Gasteiger partial charge in [0.05, 0.1) is 30.3 Å². The molecule has 0 fully saturated rings. The standard InChI is InChI=1S/C17H16N2O3/c1-3-22-17(20)12-6-9-14-15(10-12)19-16(18-14)11-4-7-13(21-2)8-5-11/h4-10H,3H2,1-2H3,(H,18,19). The van der Waals surface area contributed by atoms with E-state index < -0.39 is 0 Å². The van der Waals surface area contributed by atoms with Gasteiger partial charge in [0.1, 0.15) is 11.6 Å². The van der Waals surface area contributed by atoms with Crippen molar-refractivity contribution < 1.29 is 14.3 Å². The minimum atomic E-state index is -0.329. The quantitative estimate of drug-likeness (QED) is 0.749. The average Bonchev–Trinajstić information content (AvgIpc) is 2.98. The molecule has 0 radical (unpaired) electrons. The van der Waals surface area contributed by atoms with Gasteiger partial charge in [0.2, 0.25) is 0 Å². The third-order valence-electron chi connectivity index (χ3n) is 3.36. The number of fused-ring (bicyclic) bond motifs is 1. The zero-order valence-corrected chi connectivity index (χ0v) is 12.4. The minimum absolute atomic E-state index is 0.329. The van der Waals surface area contributed by atoms with Crippen LogP contribution < -0.4 is 4.74 Å². The molecule has 0 saturated heterocycles. The maximum absolute atomic E-state index is 11.8. The summed E-state index contributed by atoms with van der Waals surface area (Å²) >= 11 is 0. The van der Waals surface area contributed by atoms with E-state index in [-0.39, 0.29) is 5.97 Å². The van der Waals surface area contributed by atoms with Crippen molar-refractivity contribution >= 4 is 17.0 Å². The van der Waals surface area contributed by atoms with Gasteiger partial charge in [-0.05, 0) is 49.4 Å². The van der Waals surface area contributed by atoms with Crippen molar-refractivity contribution in [1.82, 2.24) is 9.97 Å². The van der Waals surface area contributed by atoms with Crippen molar-refractivity contribution in [1.29, 1.82) is 0 Å². The third kappa shape index (κ3) is 2.65. The lowest BCUT2D eigenvalue weighted by Crippen LogP contribution is -2.04. The number of esters is 1. The zero-order chi connectivity index (χ0) is 15.5. The van der Waals surface area contributed by atoms with Gasteiger partial charge in [0.25, 0.3) is 0 Å². The SMILES string of the molecule is CCOC(=O)c1ccc2nc(-c3ccc(OC)cc3)[nH]c2c1. The predicted octanol–water partition coefficient (Wildman–Crippen LogP) is 3.42. The number of methoxy groups -OCH3 is 1. The molecule has 112 valence electrons. The van der Waals surface area contributed by atoms with Gasteiger partial charge < -0.3 is 14.5 Å². The van der Waals surface area contributed by atoms with Crippen molar-refractivity contribution in [2.45, 2.75) is 6.92 Å². The Kier molecular flexibility index (Phi) is 3.78. The second-order valence-electron chi connectivity index (χ2n) is 4.77. The summed E-state index contributed by atoms with van der Waals surface area (Å²) in [6.07, 6.45) is 0. The fourth-order valence-corrected chi connectivity index (χ4v) is 2.24. The molecule has 2 aromatic carbocycles. The molecule has 0 saturated carbocycles. The molecule has 0 bridgehead atoms. The number of benzene rings is 2. The Morgan fingerprint density at radius 3 is 2.64 bits per heavy atom. The van der Waals surface area contributed by atoms with Crippen molar-refractivity contribution in [3.05, 3.63) is 48.0 Å².